The molecule has 0 saturated heterocycles. The highest BCUT2D eigenvalue weighted by Crippen LogP contribution is 2.14. The maximum atomic E-state index is 12.0. The van der Waals surface area contributed by atoms with E-state index in [2.05, 4.69) is 28.8 Å². The average Bonchev–Trinajstić information content (AvgIpc) is 2.75. The molecular weight excluding hydrogens is 270 g/mol. The molecule has 7 nitrogen and oxygen atoms in total. The molecule has 0 radical (unpaired) electrons. The minimum atomic E-state index is -3.89. The van der Waals surface area contributed by atoms with Crippen LogP contribution < -0.4 is 4.72 Å². The number of rotatable bonds is 7. The van der Waals surface area contributed by atoms with Crippen LogP contribution in [0.25, 0.3) is 0 Å². The van der Waals surface area contributed by atoms with Crippen molar-refractivity contribution in [2.45, 2.75) is 44.7 Å². The van der Waals surface area contributed by atoms with Crippen LogP contribution in [0.3, 0.4) is 0 Å². The van der Waals surface area contributed by atoms with Gasteiger partial charge in [0.1, 0.15) is 5.56 Å². The SMILES string of the molecule is CC(C)CCC(C)NS(=O)(=O)c1[nH]ncc1C(=O)O. The van der Waals surface area contributed by atoms with Gasteiger partial charge in [0.15, 0.2) is 5.03 Å². The molecule has 0 aliphatic carbocycles. The highest BCUT2D eigenvalue weighted by molar-refractivity contribution is 7.89. The van der Waals surface area contributed by atoms with Crippen molar-refractivity contribution in [3.05, 3.63) is 11.8 Å². The van der Waals surface area contributed by atoms with E-state index in [4.69, 9.17) is 5.11 Å². The molecule has 0 fully saturated rings. The number of nitrogens with zero attached hydrogens (tertiary/aromatic N) is 1. The van der Waals surface area contributed by atoms with Crippen molar-refractivity contribution >= 4 is 16.0 Å². The Morgan fingerprint density at radius 3 is 2.58 bits per heavy atom. The highest BCUT2D eigenvalue weighted by Gasteiger charge is 2.26. The molecule has 0 spiro atoms. The van der Waals surface area contributed by atoms with Crippen molar-refractivity contribution in [1.82, 2.24) is 14.9 Å². The Morgan fingerprint density at radius 2 is 2.05 bits per heavy atom. The number of carboxylic acid groups (broad SMARTS) is 1. The Hall–Kier alpha value is -1.41. The molecule has 0 aliphatic rings. The van der Waals surface area contributed by atoms with Gasteiger partial charge in [0, 0.05) is 6.04 Å². The van der Waals surface area contributed by atoms with Crippen molar-refractivity contribution in [1.29, 1.82) is 0 Å². The minimum absolute atomic E-state index is 0.266. The summed E-state index contributed by atoms with van der Waals surface area (Å²) in [6, 6.07) is -0.266. The fourth-order valence-electron chi connectivity index (χ4n) is 1.60. The van der Waals surface area contributed by atoms with Crippen LogP contribution in [0.4, 0.5) is 0 Å². The molecule has 1 heterocycles. The number of carbonyl (C=O) groups is 1. The molecule has 1 unspecified atom stereocenters. The lowest BCUT2D eigenvalue weighted by atomic mass is 10.1. The quantitative estimate of drug-likeness (QED) is 0.698. The Morgan fingerprint density at radius 1 is 1.42 bits per heavy atom. The van der Waals surface area contributed by atoms with Crippen molar-refractivity contribution in [3.8, 4) is 0 Å². The van der Waals surface area contributed by atoms with Crippen LogP contribution in [-0.2, 0) is 10.0 Å². The van der Waals surface area contributed by atoms with E-state index in [0.717, 1.165) is 12.6 Å². The van der Waals surface area contributed by atoms with E-state index in [9.17, 15) is 13.2 Å². The van der Waals surface area contributed by atoms with E-state index in [1.165, 1.54) is 0 Å². The summed E-state index contributed by atoms with van der Waals surface area (Å²) in [6.07, 6.45) is 2.56. The Bertz CT molecular complexity index is 536. The third kappa shape index (κ3) is 4.32. The first-order valence-corrected chi connectivity index (χ1v) is 7.51. The molecular formula is C11H19N3O4S. The lowest BCUT2D eigenvalue weighted by Crippen LogP contribution is -2.33. The molecule has 1 aromatic heterocycles. The standard InChI is InChI=1S/C11H19N3O4S/c1-7(2)4-5-8(3)14-19(17,18)10-9(11(15)16)6-12-13-10/h6-8,14H,4-5H2,1-3H3,(H,12,13)(H,15,16). The zero-order valence-corrected chi connectivity index (χ0v) is 12.0. The molecule has 0 bridgehead atoms. The van der Waals surface area contributed by atoms with Gasteiger partial charge in [0.2, 0.25) is 0 Å². The zero-order valence-electron chi connectivity index (χ0n) is 11.2. The first kappa shape index (κ1) is 15.6. The van der Waals surface area contributed by atoms with Crippen molar-refractivity contribution in [3.63, 3.8) is 0 Å². The summed E-state index contributed by atoms with van der Waals surface area (Å²) < 4.78 is 26.5. The van der Waals surface area contributed by atoms with E-state index in [0.29, 0.717) is 12.3 Å². The van der Waals surface area contributed by atoms with Gasteiger partial charge in [-0.3, -0.25) is 5.10 Å². The van der Waals surface area contributed by atoms with Crippen molar-refractivity contribution < 1.29 is 18.3 Å². The molecule has 0 aromatic carbocycles. The molecule has 0 aliphatic heterocycles. The highest BCUT2D eigenvalue weighted by atomic mass is 32.2. The fourth-order valence-corrected chi connectivity index (χ4v) is 2.97. The number of aromatic amines is 1. The van der Waals surface area contributed by atoms with Gasteiger partial charge in [-0.1, -0.05) is 13.8 Å². The predicted octanol–water partition coefficient (Wildman–Crippen LogP) is 1.21. The number of aromatic carboxylic acids is 1. The lowest BCUT2D eigenvalue weighted by molar-refractivity contribution is 0.0692. The summed E-state index contributed by atoms with van der Waals surface area (Å²) in [5.41, 5.74) is -0.358. The molecule has 3 N–H and O–H groups in total. The zero-order chi connectivity index (χ0) is 14.6. The summed E-state index contributed by atoms with van der Waals surface area (Å²) in [5, 5.41) is 14.2. The second kappa shape index (κ2) is 6.16. The van der Waals surface area contributed by atoms with Crippen LogP contribution in [0.1, 0.15) is 44.0 Å². The molecule has 1 atom stereocenters. The van der Waals surface area contributed by atoms with Gasteiger partial charge in [-0.25, -0.2) is 17.9 Å². The molecule has 1 rings (SSSR count). The van der Waals surface area contributed by atoms with Crippen molar-refractivity contribution in [2.24, 2.45) is 5.92 Å². The molecule has 19 heavy (non-hydrogen) atoms. The summed E-state index contributed by atoms with van der Waals surface area (Å²) in [5.74, 6) is -0.849. The van der Waals surface area contributed by atoms with Gasteiger partial charge >= 0.3 is 5.97 Å². The van der Waals surface area contributed by atoms with E-state index in [1.54, 1.807) is 6.92 Å². The Labute approximate surface area is 112 Å². The molecule has 108 valence electrons. The molecule has 0 amide bonds. The van der Waals surface area contributed by atoms with Crippen LogP contribution in [0, 0.1) is 5.92 Å². The number of aromatic nitrogens is 2. The van der Waals surface area contributed by atoms with E-state index >= 15 is 0 Å². The maximum absolute atomic E-state index is 12.0. The first-order valence-electron chi connectivity index (χ1n) is 6.03. The number of hydrogen-bond donors (Lipinski definition) is 3. The summed E-state index contributed by atoms with van der Waals surface area (Å²) >= 11 is 0. The topological polar surface area (TPSA) is 112 Å². The largest absolute Gasteiger partial charge is 0.478 e. The van der Waals surface area contributed by atoms with E-state index < -0.39 is 21.0 Å². The third-order valence-electron chi connectivity index (χ3n) is 2.64. The van der Waals surface area contributed by atoms with Gasteiger partial charge in [0.05, 0.1) is 6.20 Å². The average molecular weight is 289 g/mol. The minimum Gasteiger partial charge on any atom is -0.478 e. The molecule has 1 aromatic rings. The number of H-pyrrole nitrogens is 1. The van der Waals surface area contributed by atoms with E-state index in [-0.39, 0.29) is 11.6 Å². The monoisotopic (exact) mass is 289 g/mol. The Kier molecular flexibility index (Phi) is 5.07. The summed E-state index contributed by atoms with van der Waals surface area (Å²) in [7, 11) is -3.89. The third-order valence-corrected chi connectivity index (χ3v) is 4.20. The molecule has 0 saturated carbocycles. The maximum Gasteiger partial charge on any atom is 0.340 e. The van der Waals surface area contributed by atoms with Crippen LogP contribution in [0.5, 0.6) is 0 Å². The number of nitrogens with one attached hydrogen (secondary N) is 2. The predicted molar refractivity (Wildman–Crippen MR) is 69.4 cm³/mol. The summed E-state index contributed by atoms with van der Waals surface area (Å²) in [4.78, 5) is 10.9. The van der Waals surface area contributed by atoms with Crippen LogP contribution in [0.2, 0.25) is 0 Å². The number of carboxylic acids is 1. The second-order valence-corrected chi connectivity index (χ2v) is 6.56. The van der Waals surface area contributed by atoms with Gasteiger partial charge in [0.25, 0.3) is 10.0 Å². The van der Waals surface area contributed by atoms with Gasteiger partial charge < -0.3 is 5.11 Å². The van der Waals surface area contributed by atoms with E-state index in [1.807, 2.05) is 0 Å². The fraction of sp³-hybridized carbons (Fsp3) is 0.636. The second-order valence-electron chi connectivity index (χ2n) is 4.91. The first-order chi connectivity index (χ1) is 8.74. The van der Waals surface area contributed by atoms with Gasteiger partial charge in [-0.2, -0.15) is 5.10 Å². The smallest absolute Gasteiger partial charge is 0.340 e. The van der Waals surface area contributed by atoms with Crippen LogP contribution in [0.15, 0.2) is 11.2 Å². The summed E-state index contributed by atoms with van der Waals surface area (Å²) in [6.45, 7) is 5.86. The van der Waals surface area contributed by atoms with Crippen LogP contribution >= 0.6 is 0 Å². The normalized spacial score (nSPS) is 13.7. The van der Waals surface area contributed by atoms with Gasteiger partial charge in [-0.15, -0.1) is 0 Å². The molecule has 8 heteroatoms. The number of hydrogen-bond acceptors (Lipinski definition) is 4. The number of sulfonamides is 1. The Balaban J connectivity index is 2.81. The van der Waals surface area contributed by atoms with Crippen LogP contribution in [-0.4, -0.2) is 35.7 Å². The van der Waals surface area contributed by atoms with Gasteiger partial charge in [-0.05, 0) is 25.7 Å². The van der Waals surface area contributed by atoms with Crippen molar-refractivity contribution in [2.75, 3.05) is 0 Å². The lowest BCUT2D eigenvalue weighted by Gasteiger charge is -2.14.